The van der Waals surface area contributed by atoms with E-state index in [0.717, 1.165) is 38.4 Å². The molecule has 1 atom stereocenters. The maximum absolute atomic E-state index is 5.13. The molecule has 2 heterocycles. The van der Waals surface area contributed by atoms with Crippen molar-refractivity contribution in [2.75, 3.05) is 31.6 Å². The Balaban J connectivity index is 0.00000280. The number of nitrogens with one attached hydrogen (secondary N) is 2. The molecule has 2 N–H and O–H groups in total. The minimum atomic E-state index is 0. The average molecular weight is 498 g/mol. The first-order valence-corrected chi connectivity index (χ1v) is 9.77. The van der Waals surface area contributed by atoms with E-state index < -0.39 is 0 Å². The van der Waals surface area contributed by atoms with Crippen LogP contribution in [0.1, 0.15) is 49.5 Å². The summed E-state index contributed by atoms with van der Waals surface area (Å²) >= 11 is 0. The van der Waals surface area contributed by atoms with Crippen molar-refractivity contribution in [3.63, 3.8) is 0 Å². The Morgan fingerprint density at radius 2 is 2.11 bits per heavy atom. The number of hydrogen-bond donors (Lipinski definition) is 2. The molecule has 1 unspecified atom stereocenters. The molecule has 0 bridgehead atoms. The SMILES string of the molecule is CN=C(NCCCc1nc(C)no1)NC(C)c1cccc(N2CCCC2)c1.I. The quantitative estimate of drug-likeness (QED) is 0.264. The Bertz CT molecular complexity index is 757. The molecular formula is C20H31IN6O. The summed E-state index contributed by atoms with van der Waals surface area (Å²) in [4.78, 5) is 11.0. The molecule has 0 radical (unpaired) electrons. The Labute approximate surface area is 184 Å². The number of aromatic nitrogens is 2. The van der Waals surface area contributed by atoms with E-state index in [4.69, 9.17) is 4.52 Å². The zero-order chi connectivity index (χ0) is 19.1. The number of hydrogen-bond acceptors (Lipinski definition) is 5. The van der Waals surface area contributed by atoms with Crippen molar-refractivity contribution in [1.82, 2.24) is 20.8 Å². The van der Waals surface area contributed by atoms with Gasteiger partial charge in [-0.05, 0) is 50.8 Å². The Morgan fingerprint density at radius 3 is 2.79 bits per heavy atom. The van der Waals surface area contributed by atoms with Gasteiger partial charge < -0.3 is 20.1 Å². The third kappa shape index (κ3) is 6.35. The first-order valence-electron chi connectivity index (χ1n) is 9.77. The summed E-state index contributed by atoms with van der Waals surface area (Å²) in [5.74, 6) is 2.17. The summed E-state index contributed by atoms with van der Waals surface area (Å²) in [5, 5.41) is 10.6. The fourth-order valence-electron chi connectivity index (χ4n) is 3.34. The van der Waals surface area contributed by atoms with Crippen LogP contribution in [0.5, 0.6) is 0 Å². The lowest BCUT2D eigenvalue weighted by Crippen LogP contribution is -2.39. The molecule has 154 valence electrons. The van der Waals surface area contributed by atoms with Crippen molar-refractivity contribution < 1.29 is 4.52 Å². The van der Waals surface area contributed by atoms with Gasteiger partial charge in [-0.3, -0.25) is 4.99 Å². The van der Waals surface area contributed by atoms with E-state index in [1.165, 1.54) is 24.1 Å². The van der Waals surface area contributed by atoms with Gasteiger partial charge in [-0.1, -0.05) is 17.3 Å². The van der Waals surface area contributed by atoms with Gasteiger partial charge in [-0.2, -0.15) is 4.98 Å². The predicted molar refractivity (Wildman–Crippen MR) is 124 cm³/mol. The smallest absolute Gasteiger partial charge is 0.226 e. The van der Waals surface area contributed by atoms with Gasteiger partial charge in [0.15, 0.2) is 11.8 Å². The number of aliphatic imine (C=N–C) groups is 1. The molecule has 0 saturated carbocycles. The van der Waals surface area contributed by atoms with Crippen LogP contribution < -0.4 is 15.5 Å². The van der Waals surface area contributed by atoms with Crippen LogP contribution >= 0.6 is 24.0 Å². The lowest BCUT2D eigenvalue weighted by Gasteiger charge is -2.22. The van der Waals surface area contributed by atoms with Gasteiger partial charge in [-0.15, -0.1) is 24.0 Å². The number of benzene rings is 1. The summed E-state index contributed by atoms with van der Waals surface area (Å²) in [5.41, 5.74) is 2.58. The van der Waals surface area contributed by atoms with E-state index in [-0.39, 0.29) is 30.0 Å². The Hall–Kier alpha value is -1.84. The largest absolute Gasteiger partial charge is 0.372 e. The second kappa shape index (κ2) is 11.2. The zero-order valence-corrected chi connectivity index (χ0v) is 19.3. The van der Waals surface area contributed by atoms with Crippen molar-refractivity contribution >= 4 is 35.6 Å². The van der Waals surface area contributed by atoms with E-state index in [1.54, 1.807) is 7.05 Å². The molecule has 28 heavy (non-hydrogen) atoms. The zero-order valence-electron chi connectivity index (χ0n) is 16.9. The number of anilines is 1. The van der Waals surface area contributed by atoms with Gasteiger partial charge in [0, 0.05) is 38.8 Å². The lowest BCUT2D eigenvalue weighted by molar-refractivity contribution is 0.372. The normalized spacial score (nSPS) is 15.2. The third-order valence-electron chi connectivity index (χ3n) is 4.85. The second-order valence-corrected chi connectivity index (χ2v) is 6.99. The monoisotopic (exact) mass is 498 g/mol. The average Bonchev–Trinajstić information content (AvgIpc) is 3.36. The molecular weight excluding hydrogens is 467 g/mol. The summed E-state index contributed by atoms with van der Waals surface area (Å²) in [6, 6.07) is 8.98. The predicted octanol–water partition coefficient (Wildman–Crippen LogP) is 3.46. The molecule has 1 fully saturated rings. The van der Waals surface area contributed by atoms with Crippen molar-refractivity contribution in [3.05, 3.63) is 41.5 Å². The highest BCUT2D eigenvalue weighted by Crippen LogP contribution is 2.23. The molecule has 3 rings (SSSR count). The molecule has 0 amide bonds. The minimum absolute atomic E-state index is 0. The lowest BCUT2D eigenvalue weighted by atomic mass is 10.1. The van der Waals surface area contributed by atoms with E-state index >= 15 is 0 Å². The van der Waals surface area contributed by atoms with Crippen LogP contribution in [0.25, 0.3) is 0 Å². The molecule has 7 nitrogen and oxygen atoms in total. The van der Waals surface area contributed by atoms with Crippen molar-refractivity contribution in [3.8, 4) is 0 Å². The summed E-state index contributed by atoms with van der Waals surface area (Å²) < 4.78 is 5.13. The maximum Gasteiger partial charge on any atom is 0.226 e. The van der Waals surface area contributed by atoms with E-state index in [1.807, 2.05) is 6.92 Å². The maximum atomic E-state index is 5.13. The van der Waals surface area contributed by atoms with Crippen LogP contribution in [0.4, 0.5) is 5.69 Å². The summed E-state index contributed by atoms with van der Waals surface area (Å²) in [7, 11) is 1.80. The standard InChI is InChI=1S/C20H30N6O.HI/c1-15(17-8-6-9-18(14-17)26-12-4-5-13-26)23-20(21-3)22-11-7-10-19-24-16(2)25-27-19;/h6,8-9,14-15H,4-5,7,10-13H2,1-3H3,(H2,21,22,23);1H. The van der Waals surface area contributed by atoms with Gasteiger partial charge in [0.05, 0.1) is 6.04 Å². The van der Waals surface area contributed by atoms with E-state index in [2.05, 4.69) is 61.9 Å². The molecule has 1 aromatic heterocycles. The van der Waals surface area contributed by atoms with Crippen LogP contribution in [0.3, 0.4) is 0 Å². The number of rotatable bonds is 7. The molecule has 8 heteroatoms. The van der Waals surface area contributed by atoms with Gasteiger partial charge in [0.25, 0.3) is 0 Å². The van der Waals surface area contributed by atoms with Crippen LogP contribution in [0.2, 0.25) is 0 Å². The summed E-state index contributed by atoms with van der Waals surface area (Å²) in [6.45, 7) is 7.11. The molecule has 1 saturated heterocycles. The minimum Gasteiger partial charge on any atom is -0.372 e. The van der Waals surface area contributed by atoms with Crippen LogP contribution in [-0.2, 0) is 6.42 Å². The fourth-order valence-corrected chi connectivity index (χ4v) is 3.34. The molecule has 0 spiro atoms. The van der Waals surface area contributed by atoms with E-state index in [9.17, 15) is 0 Å². The molecule has 1 aliphatic heterocycles. The molecule has 2 aromatic rings. The van der Waals surface area contributed by atoms with E-state index in [0.29, 0.717) is 11.7 Å². The first-order chi connectivity index (χ1) is 13.2. The molecule has 0 aliphatic carbocycles. The number of guanidine groups is 1. The summed E-state index contributed by atoms with van der Waals surface area (Å²) in [6.07, 6.45) is 4.24. The number of halogens is 1. The fraction of sp³-hybridized carbons (Fsp3) is 0.550. The first kappa shape index (κ1) is 22.4. The van der Waals surface area contributed by atoms with Crippen LogP contribution in [0.15, 0.2) is 33.8 Å². The van der Waals surface area contributed by atoms with Crippen LogP contribution in [0, 0.1) is 6.92 Å². The van der Waals surface area contributed by atoms with Gasteiger partial charge in [0.2, 0.25) is 5.89 Å². The highest BCUT2D eigenvalue weighted by Gasteiger charge is 2.14. The van der Waals surface area contributed by atoms with Gasteiger partial charge >= 0.3 is 0 Å². The van der Waals surface area contributed by atoms with Crippen molar-refractivity contribution in [2.45, 2.75) is 45.6 Å². The second-order valence-electron chi connectivity index (χ2n) is 6.99. The Morgan fingerprint density at radius 1 is 1.32 bits per heavy atom. The number of nitrogens with zero attached hydrogens (tertiary/aromatic N) is 4. The highest BCUT2D eigenvalue weighted by molar-refractivity contribution is 14.0. The van der Waals surface area contributed by atoms with Crippen LogP contribution in [-0.4, -0.2) is 42.8 Å². The van der Waals surface area contributed by atoms with Gasteiger partial charge in [0.1, 0.15) is 0 Å². The topological polar surface area (TPSA) is 78.6 Å². The highest BCUT2D eigenvalue weighted by atomic mass is 127. The molecule has 1 aliphatic rings. The Kier molecular flexibility index (Phi) is 9.01. The van der Waals surface area contributed by atoms with Crippen molar-refractivity contribution in [1.29, 1.82) is 0 Å². The third-order valence-corrected chi connectivity index (χ3v) is 4.85. The number of aryl methyl sites for hydroxylation is 2. The van der Waals surface area contributed by atoms with Crippen molar-refractivity contribution in [2.24, 2.45) is 4.99 Å². The van der Waals surface area contributed by atoms with Gasteiger partial charge in [-0.25, -0.2) is 0 Å². The molecule has 1 aromatic carbocycles.